The lowest BCUT2D eigenvalue weighted by molar-refractivity contribution is -0.133. The van der Waals surface area contributed by atoms with Crippen LogP contribution in [0, 0.1) is 11.8 Å². The van der Waals surface area contributed by atoms with Crippen molar-refractivity contribution in [2.24, 2.45) is 11.8 Å². The van der Waals surface area contributed by atoms with Crippen LogP contribution in [0.3, 0.4) is 0 Å². The number of carboxylic acid groups (broad SMARTS) is 1. The van der Waals surface area contributed by atoms with Gasteiger partial charge in [0.25, 0.3) is 0 Å². The van der Waals surface area contributed by atoms with Gasteiger partial charge in [0.2, 0.25) is 0 Å². The van der Waals surface area contributed by atoms with Crippen LogP contribution in [0.15, 0.2) is 21.9 Å². The lowest BCUT2D eigenvalue weighted by Gasteiger charge is -2.17. The number of hydrogen-bond acceptors (Lipinski definition) is 4. The van der Waals surface area contributed by atoms with Gasteiger partial charge in [-0.25, -0.2) is 9.97 Å². The third-order valence-electron chi connectivity index (χ3n) is 3.45. The summed E-state index contributed by atoms with van der Waals surface area (Å²) in [6, 6.07) is 1.91. The van der Waals surface area contributed by atoms with Crippen molar-refractivity contribution in [3.8, 4) is 0 Å². The molecule has 0 aliphatic heterocycles. The standard InChI is InChI=1S/C14H18BrN3O2S/c1-8(2)9(3)6-18-13-11(4-10(15)5-16-13)17-14(18)21-7-12(19)20/h4-5,8-9H,6-7H2,1-3H3,(H,19,20). The van der Waals surface area contributed by atoms with E-state index in [1.165, 1.54) is 11.8 Å². The maximum atomic E-state index is 10.8. The number of hydrogen-bond donors (Lipinski definition) is 1. The molecule has 0 spiro atoms. The summed E-state index contributed by atoms with van der Waals surface area (Å²) in [6.45, 7) is 7.32. The van der Waals surface area contributed by atoms with Gasteiger partial charge in [0.05, 0.1) is 5.75 Å². The minimum Gasteiger partial charge on any atom is -0.481 e. The summed E-state index contributed by atoms with van der Waals surface area (Å²) < 4.78 is 2.89. The number of carbonyl (C=O) groups is 1. The topological polar surface area (TPSA) is 68.0 Å². The second-order valence-electron chi connectivity index (χ2n) is 5.40. The first kappa shape index (κ1) is 16.3. The first-order valence-corrected chi connectivity index (χ1v) is 8.52. The highest BCUT2D eigenvalue weighted by Crippen LogP contribution is 2.27. The molecule has 0 aromatic carbocycles. The van der Waals surface area contributed by atoms with Gasteiger partial charge in [0.15, 0.2) is 10.8 Å². The van der Waals surface area contributed by atoms with Gasteiger partial charge in [-0.05, 0) is 33.8 Å². The number of imidazole rings is 1. The van der Waals surface area contributed by atoms with Crippen molar-refractivity contribution in [3.63, 3.8) is 0 Å². The highest BCUT2D eigenvalue weighted by molar-refractivity contribution is 9.10. The normalized spacial score (nSPS) is 13.0. The van der Waals surface area contributed by atoms with Crippen molar-refractivity contribution in [2.75, 3.05) is 5.75 Å². The van der Waals surface area contributed by atoms with Crippen LogP contribution < -0.4 is 0 Å². The summed E-state index contributed by atoms with van der Waals surface area (Å²) in [5.41, 5.74) is 1.59. The molecule has 1 unspecified atom stereocenters. The Bertz CT molecular complexity index is 657. The van der Waals surface area contributed by atoms with Crippen LogP contribution in [0.25, 0.3) is 11.2 Å². The van der Waals surface area contributed by atoms with Crippen LogP contribution in [-0.2, 0) is 11.3 Å². The van der Waals surface area contributed by atoms with Crippen LogP contribution >= 0.6 is 27.7 Å². The number of thioether (sulfide) groups is 1. The number of fused-ring (bicyclic) bond motifs is 1. The molecule has 0 amide bonds. The predicted octanol–water partition coefficient (Wildman–Crippen LogP) is 3.66. The van der Waals surface area contributed by atoms with Crippen molar-refractivity contribution in [3.05, 3.63) is 16.7 Å². The summed E-state index contributed by atoms with van der Waals surface area (Å²) in [5.74, 6) is 0.150. The maximum Gasteiger partial charge on any atom is 0.313 e. The molecule has 0 radical (unpaired) electrons. The largest absolute Gasteiger partial charge is 0.481 e. The second-order valence-corrected chi connectivity index (χ2v) is 7.26. The summed E-state index contributed by atoms with van der Waals surface area (Å²) in [5, 5.41) is 9.59. The van der Waals surface area contributed by atoms with E-state index >= 15 is 0 Å². The monoisotopic (exact) mass is 371 g/mol. The van der Waals surface area contributed by atoms with Gasteiger partial charge in [-0.3, -0.25) is 4.79 Å². The summed E-state index contributed by atoms with van der Waals surface area (Å²) >= 11 is 4.63. The van der Waals surface area contributed by atoms with Crippen LogP contribution in [0.2, 0.25) is 0 Å². The zero-order chi connectivity index (χ0) is 15.6. The minimum atomic E-state index is -0.843. The lowest BCUT2D eigenvalue weighted by atomic mass is 9.98. The zero-order valence-electron chi connectivity index (χ0n) is 12.2. The van der Waals surface area contributed by atoms with Gasteiger partial charge in [-0.1, -0.05) is 32.5 Å². The quantitative estimate of drug-likeness (QED) is 0.784. The third-order valence-corrected chi connectivity index (χ3v) is 4.84. The van der Waals surface area contributed by atoms with E-state index in [2.05, 4.69) is 46.7 Å². The first-order valence-electron chi connectivity index (χ1n) is 6.75. The summed E-state index contributed by atoms with van der Waals surface area (Å²) in [7, 11) is 0. The van der Waals surface area contributed by atoms with E-state index in [4.69, 9.17) is 5.11 Å². The fourth-order valence-electron chi connectivity index (χ4n) is 1.87. The molecule has 1 atom stereocenters. The number of aromatic nitrogens is 3. The number of halogens is 1. The Morgan fingerprint density at radius 3 is 2.81 bits per heavy atom. The van der Waals surface area contributed by atoms with Gasteiger partial charge in [0.1, 0.15) is 5.52 Å². The highest BCUT2D eigenvalue weighted by Gasteiger charge is 2.17. The zero-order valence-corrected chi connectivity index (χ0v) is 14.6. The lowest BCUT2D eigenvalue weighted by Crippen LogP contribution is -2.14. The number of rotatable bonds is 6. The molecular formula is C14H18BrN3O2S. The Morgan fingerprint density at radius 2 is 2.19 bits per heavy atom. The van der Waals surface area contributed by atoms with Crippen molar-refractivity contribution in [1.82, 2.24) is 14.5 Å². The van der Waals surface area contributed by atoms with Crippen molar-refractivity contribution < 1.29 is 9.90 Å². The van der Waals surface area contributed by atoms with E-state index < -0.39 is 5.97 Å². The van der Waals surface area contributed by atoms with Crippen LogP contribution in [0.4, 0.5) is 0 Å². The molecule has 0 aliphatic carbocycles. The van der Waals surface area contributed by atoms with Crippen molar-refractivity contribution >= 4 is 44.8 Å². The van der Waals surface area contributed by atoms with E-state index in [1.807, 2.05) is 10.6 Å². The fourth-order valence-corrected chi connectivity index (χ4v) is 2.92. The average molecular weight is 372 g/mol. The van der Waals surface area contributed by atoms with Gasteiger partial charge >= 0.3 is 5.97 Å². The Hall–Kier alpha value is -1.08. The Balaban J connectivity index is 2.41. The smallest absolute Gasteiger partial charge is 0.313 e. The molecule has 2 heterocycles. The maximum absolute atomic E-state index is 10.8. The Morgan fingerprint density at radius 1 is 1.48 bits per heavy atom. The molecule has 2 rings (SSSR count). The van der Waals surface area contributed by atoms with Crippen LogP contribution in [-0.4, -0.2) is 31.4 Å². The SMILES string of the molecule is CC(C)C(C)Cn1c(SCC(=O)O)nc2cc(Br)cnc21. The van der Waals surface area contributed by atoms with E-state index in [0.29, 0.717) is 17.0 Å². The highest BCUT2D eigenvalue weighted by atomic mass is 79.9. The number of carboxylic acids is 1. The molecule has 7 heteroatoms. The molecule has 2 aromatic heterocycles. The predicted molar refractivity (Wildman–Crippen MR) is 87.6 cm³/mol. The van der Waals surface area contributed by atoms with Gasteiger partial charge in [-0.15, -0.1) is 0 Å². The van der Waals surface area contributed by atoms with Crippen molar-refractivity contribution in [2.45, 2.75) is 32.5 Å². The van der Waals surface area contributed by atoms with E-state index in [9.17, 15) is 4.79 Å². The molecule has 5 nitrogen and oxygen atoms in total. The average Bonchev–Trinajstić information content (AvgIpc) is 2.73. The number of aliphatic carboxylic acids is 1. The second kappa shape index (κ2) is 6.79. The molecule has 21 heavy (non-hydrogen) atoms. The Kier molecular flexibility index (Phi) is 5.27. The molecule has 0 aliphatic rings. The molecule has 0 fully saturated rings. The van der Waals surface area contributed by atoms with Gasteiger partial charge in [-0.2, -0.15) is 0 Å². The van der Waals surface area contributed by atoms with Crippen LogP contribution in [0.1, 0.15) is 20.8 Å². The first-order chi connectivity index (χ1) is 9.88. The molecule has 2 aromatic rings. The Labute approximate surface area is 136 Å². The minimum absolute atomic E-state index is 0.000547. The van der Waals surface area contributed by atoms with E-state index in [1.54, 1.807) is 6.20 Å². The molecular weight excluding hydrogens is 354 g/mol. The fraction of sp³-hybridized carbons (Fsp3) is 0.500. The molecule has 0 saturated carbocycles. The summed E-state index contributed by atoms with van der Waals surface area (Å²) in [4.78, 5) is 19.8. The molecule has 114 valence electrons. The van der Waals surface area contributed by atoms with Gasteiger partial charge < -0.3 is 9.67 Å². The van der Waals surface area contributed by atoms with Crippen molar-refractivity contribution in [1.29, 1.82) is 0 Å². The van der Waals surface area contributed by atoms with E-state index in [0.717, 1.165) is 22.2 Å². The number of nitrogens with zero attached hydrogens (tertiary/aromatic N) is 3. The number of pyridine rings is 1. The molecule has 0 saturated heterocycles. The third kappa shape index (κ3) is 3.97. The summed E-state index contributed by atoms with van der Waals surface area (Å²) in [6.07, 6.45) is 1.74. The van der Waals surface area contributed by atoms with E-state index in [-0.39, 0.29) is 5.75 Å². The van der Waals surface area contributed by atoms with Gasteiger partial charge in [0, 0.05) is 17.2 Å². The van der Waals surface area contributed by atoms with Crippen LogP contribution in [0.5, 0.6) is 0 Å². The molecule has 1 N–H and O–H groups in total. The molecule has 0 bridgehead atoms.